The SMILES string of the molecule is CC(C)N(C)C(CN)c1ccc(C(F)(F)F)cc1. The van der Waals surface area contributed by atoms with Crippen LogP contribution in [-0.4, -0.2) is 24.5 Å². The smallest absolute Gasteiger partial charge is 0.329 e. The van der Waals surface area contributed by atoms with Crippen molar-refractivity contribution in [3.8, 4) is 0 Å². The molecule has 102 valence electrons. The van der Waals surface area contributed by atoms with E-state index in [1.165, 1.54) is 12.1 Å². The van der Waals surface area contributed by atoms with Gasteiger partial charge in [0.1, 0.15) is 0 Å². The lowest BCUT2D eigenvalue weighted by Crippen LogP contribution is -2.35. The van der Waals surface area contributed by atoms with Gasteiger partial charge in [0.15, 0.2) is 0 Å². The van der Waals surface area contributed by atoms with Gasteiger partial charge < -0.3 is 5.73 Å². The number of halogens is 3. The zero-order valence-corrected chi connectivity index (χ0v) is 10.8. The maximum atomic E-state index is 12.5. The van der Waals surface area contributed by atoms with Gasteiger partial charge in [0.05, 0.1) is 5.56 Å². The Morgan fingerprint density at radius 1 is 1.17 bits per heavy atom. The first kappa shape index (κ1) is 15.0. The normalized spacial score (nSPS) is 14.3. The second kappa shape index (κ2) is 5.71. The Hall–Kier alpha value is -1.07. The molecule has 0 saturated carbocycles. The van der Waals surface area contributed by atoms with Gasteiger partial charge in [-0.3, -0.25) is 4.90 Å². The van der Waals surface area contributed by atoms with E-state index in [0.29, 0.717) is 6.54 Å². The number of hydrogen-bond acceptors (Lipinski definition) is 2. The first-order valence-electron chi connectivity index (χ1n) is 5.86. The molecule has 1 rings (SSSR count). The van der Waals surface area contributed by atoms with E-state index in [0.717, 1.165) is 17.7 Å². The van der Waals surface area contributed by atoms with E-state index >= 15 is 0 Å². The van der Waals surface area contributed by atoms with Crippen molar-refractivity contribution in [1.29, 1.82) is 0 Å². The number of hydrogen-bond donors (Lipinski definition) is 1. The number of nitrogens with zero attached hydrogens (tertiary/aromatic N) is 1. The largest absolute Gasteiger partial charge is 0.416 e. The summed E-state index contributed by atoms with van der Waals surface area (Å²) >= 11 is 0. The Morgan fingerprint density at radius 2 is 1.67 bits per heavy atom. The average molecular weight is 260 g/mol. The molecule has 0 heterocycles. The Bertz CT molecular complexity index is 371. The van der Waals surface area contributed by atoms with Crippen molar-refractivity contribution in [2.45, 2.75) is 32.1 Å². The van der Waals surface area contributed by atoms with E-state index in [1.54, 1.807) is 0 Å². The standard InChI is InChI=1S/C13H19F3N2/c1-9(2)18(3)12(8-17)10-4-6-11(7-5-10)13(14,15)16/h4-7,9,12H,8,17H2,1-3H3. The predicted octanol–water partition coefficient (Wildman–Crippen LogP) is 3.05. The summed E-state index contributed by atoms with van der Waals surface area (Å²) in [4.78, 5) is 2.04. The van der Waals surface area contributed by atoms with E-state index in [-0.39, 0.29) is 12.1 Å². The van der Waals surface area contributed by atoms with Crippen molar-refractivity contribution in [2.75, 3.05) is 13.6 Å². The van der Waals surface area contributed by atoms with Gasteiger partial charge in [0, 0.05) is 18.6 Å². The van der Waals surface area contributed by atoms with Gasteiger partial charge >= 0.3 is 6.18 Å². The number of benzene rings is 1. The third kappa shape index (κ3) is 3.46. The van der Waals surface area contributed by atoms with Gasteiger partial charge in [-0.2, -0.15) is 13.2 Å². The van der Waals surface area contributed by atoms with Crippen molar-refractivity contribution >= 4 is 0 Å². The molecule has 0 spiro atoms. The lowest BCUT2D eigenvalue weighted by atomic mass is 10.0. The van der Waals surface area contributed by atoms with E-state index in [4.69, 9.17) is 5.73 Å². The fraction of sp³-hybridized carbons (Fsp3) is 0.538. The molecular formula is C13H19F3N2. The molecule has 1 aromatic rings. The molecule has 0 aliphatic rings. The van der Waals surface area contributed by atoms with Crippen LogP contribution in [0, 0.1) is 0 Å². The van der Waals surface area contributed by atoms with Gasteiger partial charge in [0.2, 0.25) is 0 Å². The zero-order valence-electron chi connectivity index (χ0n) is 10.8. The summed E-state index contributed by atoms with van der Waals surface area (Å²) in [6, 6.07) is 5.42. The summed E-state index contributed by atoms with van der Waals surface area (Å²) < 4.78 is 37.4. The van der Waals surface area contributed by atoms with Crippen LogP contribution < -0.4 is 5.73 Å². The molecule has 0 bridgehead atoms. The fourth-order valence-corrected chi connectivity index (χ4v) is 1.79. The summed E-state index contributed by atoms with van der Waals surface area (Å²) in [7, 11) is 1.92. The average Bonchev–Trinajstić information content (AvgIpc) is 2.29. The van der Waals surface area contributed by atoms with Gasteiger partial charge in [-0.05, 0) is 38.6 Å². The van der Waals surface area contributed by atoms with Gasteiger partial charge in [-0.1, -0.05) is 12.1 Å². The third-order valence-corrected chi connectivity index (χ3v) is 3.15. The topological polar surface area (TPSA) is 29.3 Å². The Kier molecular flexibility index (Phi) is 4.76. The predicted molar refractivity (Wildman–Crippen MR) is 66.1 cm³/mol. The molecular weight excluding hydrogens is 241 g/mol. The minimum atomic E-state index is -4.29. The molecule has 2 nitrogen and oxygen atoms in total. The van der Waals surface area contributed by atoms with Crippen LogP contribution in [0.25, 0.3) is 0 Å². The second-order valence-electron chi connectivity index (χ2n) is 4.63. The van der Waals surface area contributed by atoms with Crippen molar-refractivity contribution in [2.24, 2.45) is 5.73 Å². The van der Waals surface area contributed by atoms with Crippen LogP contribution in [0.4, 0.5) is 13.2 Å². The van der Waals surface area contributed by atoms with Crippen molar-refractivity contribution in [1.82, 2.24) is 4.90 Å². The quantitative estimate of drug-likeness (QED) is 0.901. The molecule has 1 aromatic carbocycles. The Balaban J connectivity index is 2.96. The number of alkyl halides is 3. The minimum Gasteiger partial charge on any atom is -0.329 e. The summed E-state index contributed by atoms with van der Waals surface area (Å²) in [5.41, 5.74) is 5.88. The molecule has 0 radical (unpaired) electrons. The molecule has 0 aliphatic heterocycles. The van der Waals surface area contributed by atoms with Crippen LogP contribution in [0.3, 0.4) is 0 Å². The Morgan fingerprint density at radius 3 is 2.00 bits per heavy atom. The third-order valence-electron chi connectivity index (χ3n) is 3.15. The van der Waals surface area contributed by atoms with Crippen LogP contribution in [-0.2, 0) is 6.18 Å². The molecule has 0 aromatic heterocycles. The minimum absolute atomic E-state index is 0.0627. The van der Waals surface area contributed by atoms with E-state index in [2.05, 4.69) is 0 Å². The van der Waals surface area contributed by atoms with Crippen molar-refractivity contribution in [3.05, 3.63) is 35.4 Å². The molecule has 2 N–H and O–H groups in total. The first-order chi connectivity index (χ1) is 8.27. The summed E-state index contributed by atoms with van der Waals surface area (Å²) in [6.07, 6.45) is -4.29. The summed E-state index contributed by atoms with van der Waals surface area (Å²) in [5.74, 6) is 0. The Labute approximate surface area is 106 Å². The van der Waals surface area contributed by atoms with Crippen LogP contribution in [0.2, 0.25) is 0 Å². The van der Waals surface area contributed by atoms with E-state index in [9.17, 15) is 13.2 Å². The molecule has 0 saturated heterocycles. The molecule has 18 heavy (non-hydrogen) atoms. The lowest BCUT2D eigenvalue weighted by Gasteiger charge is -2.30. The van der Waals surface area contributed by atoms with E-state index in [1.807, 2.05) is 25.8 Å². The molecule has 1 atom stereocenters. The van der Waals surface area contributed by atoms with Crippen LogP contribution in [0.15, 0.2) is 24.3 Å². The first-order valence-corrected chi connectivity index (χ1v) is 5.86. The highest BCUT2D eigenvalue weighted by Crippen LogP contribution is 2.30. The summed E-state index contributed by atoms with van der Waals surface area (Å²) in [5, 5.41) is 0. The molecule has 0 aliphatic carbocycles. The van der Waals surface area contributed by atoms with E-state index < -0.39 is 11.7 Å². The van der Waals surface area contributed by atoms with Crippen LogP contribution >= 0.6 is 0 Å². The highest BCUT2D eigenvalue weighted by molar-refractivity contribution is 5.27. The maximum absolute atomic E-state index is 12.5. The molecule has 0 amide bonds. The number of rotatable bonds is 4. The molecule has 5 heteroatoms. The zero-order chi connectivity index (χ0) is 13.9. The maximum Gasteiger partial charge on any atom is 0.416 e. The second-order valence-corrected chi connectivity index (χ2v) is 4.63. The highest BCUT2D eigenvalue weighted by atomic mass is 19.4. The summed E-state index contributed by atoms with van der Waals surface area (Å²) in [6.45, 7) is 4.42. The fourth-order valence-electron chi connectivity index (χ4n) is 1.79. The highest BCUT2D eigenvalue weighted by Gasteiger charge is 2.30. The van der Waals surface area contributed by atoms with Crippen LogP contribution in [0.5, 0.6) is 0 Å². The lowest BCUT2D eigenvalue weighted by molar-refractivity contribution is -0.137. The van der Waals surface area contributed by atoms with Crippen LogP contribution in [0.1, 0.15) is 31.0 Å². The van der Waals surface area contributed by atoms with Gasteiger partial charge in [-0.15, -0.1) is 0 Å². The van der Waals surface area contributed by atoms with Gasteiger partial charge in [0.25, 0.3) is 0 Å². The van der Waals surface area contributed by atoms with Gasteiger partial charge in [-0.25, -0.2) is 0 Å². The molecule has 0 fully saturated rings. The van der Waals surface area contributed by atoms with Crippen molar-refractivity contribution in [3.63, 3.8) is 0 Å². The molecule has 1 unspecified atom stereocenters. The number of nitrogens with two attached hydrogens (primary N) is 1. The van der Waals surface area contributed by atoms with Crippen molar-refractivity contribution < 1.29 is 13.2 Å². The number of likely N-dealkylation sites (N-methyl/N-ethyl adjacent to an activating group) is 1. The monoisotopic (exact) mass is 260 g/mol.